The van der Waals surface area contributed by atoms with Crippen LogP contribution in [0.15, 0.2) is 230 Å². The summed E-state index contributed by atoms with van der Waals surface area (Å²) in [4.78, 5) is 34.4. The van der Waals surface area contributed by atoms with Crippen molar-refractivity contribution in [2.75, 3.05) is 0 Å². The second kappa shape index (κ2) is 48.2. The van der Waals surface area contributed by atoms with Crippen molar-refractivity contribution in [3.05, 3.63) is 304 Å². The Morgan fingerprint density at radius 1 is 0.580 bits per heavy atom. The van der Waals surface area contributed by atoms with E-state index in [-0.39, 0.29) is 7.43 Å². The molecule has 0 aliphatic carbocycles. The summed E-state index contributed by atoms with van der Waals surface area (Å²) in [5, 5.41) is 18.2. The van der Waals surface area contributed by atoms with E-state index in [0.717, 1.165) is 80.4 Å². The number of nitriles is 2. The van der Waals surface area contributed by atoms with Crippen molar-refractivity contribution in [1.82, 2.24) is 29.9 Å². The number of hydrogen-bond acceptors (Lipinski definition) is 7. The number of imidazole rings is 3. The van der Waals surface area contributed by atoms with Crippen molar-refractivity contribution in [2.45, 2.75) is 82.6 Å². The molecule has 0 radical (unpaired) electrons. The van der Waals surface area contributed by atoms with Gasteiger partial charge in [-0.15, -0.1) is 0 Å². The van der Waals surface area contributed by atoms with Crippen LogP contribution in [0.1, 0.15) is 82.9 Å². The normalized spacial score (nSPS) is 9.47. The number of aromatic amines is 4. The fourth-order valence-corrected chi connectivity index (χ4v) is 7.01. The molecule has 0 atom stereocenters. The van der Waals surface area contributed by atoms with Crippen molar-refractivity contribution in [1.29, 1.82) is 11.6 Å². The van der Waals surface area contributed by atoms with Crippen molar-refractivity contribution in [3.8, 4) is 12.1 Å². The Bertz CT molecular complexity index is 3580. The third-order valence-corrected chi connectivity index (χ3v) is 11.8. The van der Waals surface area contributed by atoms with Crippen LogP contribution in [0.25, 0.3) is 20.6 Å². The second-order valence-corrected chi connectivity index (χ2v) is 18.2. The van der Waals surface area contributed by atoms with E-state index in [1.54, 1.807) is 31.1 Å². The van der Waals surface area contributed by atoms with E-state index in [1.165, 1.54) is 27.7 Å². The molecule has 0 amide bonds. The average Bonchev–Trinajstić information content (AvgIpc) is 4.51. The molecule has 2 aliphatic heterocycles. The van der Waals surface area contributed by atoms with E-state index in [4.69, 9.17) is 24.8 Å². The molecule has 13 nitrogen and oxygen atoms in total. The highest BCUT2D eigenvalue weighted by atomic mass is 32.4. The lowest BCUT2D eigenvalue weighted by Crippen LogP contribution is -2.27. The zero-order valence-electron chi connectivity index (χ0n) is 52.2. The third kappa shape index (κ3) is 31.7. The summed E-state index contributed by atoms with van der Waals surface area (Å²) in [5.74, 6) is 0. The van der Waals surface area contributed by atoms with E-state index in [0.29, 0.717) is 0 Å². The van der Waals surface area contributed by atoms with Gasteiger partial charge in [-0.1, -0.05) is 167 Å². The highest BCUT2D eigenvalue weighted by Crippen LogP contribution is 2.23. The maximum absolute atomic E-state index is 8.47. The Balaban J connectivity index is 0.000000959. The largest absolute Gasteiger partial charge is 0.361 e. The molecule has 4 aromatic heterocycles. The summed E-state index contributed by atoms with van der Waals surface area (Å²) in [6.07, 6.45) is 18.6. The minimum absolute atomic E-state index is 0. The van der Waals surface area contributed by atoms with E-state index in [2.05, 4.69) is 132 Å². The molecular weight excluding hydrogens is 1140 g/mol. The van der Waals surface area contributed by atoms with Crippen LogP contribution in [0.2, 0.25) is 0 Å². The van der Waals surface area contributed by atoms with Gasteiger partial charge < -0.3 is 15.0 Å². The molecule has 4 N–H and O–H groups in total. The maximum atomic E-state index is 8.47. The summed E-state index contributed by atoms with van der Waals surface area (Å²) in [5.41, 5.74) is 16.9. The summed E-state index contributed by atoms with van der Waals surface area (Å²) in [6.45, 7) is 31.2. The predicted octanol–water partition coefficient (Wildman–Crippen LogP) is 18.8. The van der Waals surface area contributed by atoms with E-state index >= 15 is 0 Å². The van der Waals surface area contributed by atoms with E-state index in [9.17, 15) is 0 Å². The molecule has 2 aliphatic rings. The number of aliphatic imine (C=N–C) groups is 2. The van der Waals surface area contributed by atoms with Gasteiger partial charge in [-0.05, 0) is 131 Å². The molecule has 0 bridgehead atoms. The van der Waals surface area contributed by atoms with Gasteiger partial charge in [-0.2, -0.15) is 23.9 Å². The molecule has 6 heterocycles. The first kappa shape index (κ1) is 75.9. The Kier molecular flexibility index (Phi) is 41.5. The number of aryl methyl sites for hydroxylation is 8. The summed E-state index contributed by atoms with van der Waals surface area (Å²) in [6, 6.07) is 61.1. The lowest BCUT2D eigenvalue weighted by Gasteiger charge is -1.91. The van der Waals surface area contributed by atoms with Crippen LogP contribution in [-0.4, -0.2) is 43.5 Å². The molecule has 11 aromatic rings. The minimum Gasteiger partial charge on any atom is -0.361 e. The van der Waals surface area contributed by atoms with Crippen molar-refractivity contribution >= 4 is 79.3 Å². The Morgan fingerprint density at radius 3 is 1.38 bits per heavy atom. The highest BCUT2D eigenvalue weighted by molar-refractivity contribution is 7.88. The molecule has 0 unspecified atom stereocenters. The van der Waals surface area contributed by atoms with E-state index < -0.39 is 0 Å². The van der Waals surface area contributed by atoms with Crippen molar-refractivity contribution in [2.24, 2.45) is 17.0 Å². The monoisotopic (exact) mass is 1230 g/mol. The van der Waals surface area contributed by atoms with Crippen molar-refractivity contribution in [3.63, 3.8) is 0 Å². The average molecular weight is 1230 g/mol. The molecule has 0 fully saturated rings. The third-order valence-electron chi connectivity index (χ3n) is 11.8. The fourth-order valence-electron chi connectivity index (χ4n) is 7.01. The number of para-hydroxylation sites is 5. The summed E-state index contributed by atoms with van der Waals surface area (Å²) >= 11 is 6.67. The zero-order chi connectivity index (χ0) is 65.2. The number of nitrogens with one attached hydrogen (secondary N) is 4. The van der Waals surface area contributed by atoms with Gasteiger partial charge in [0, 0.05) is 67.7 Å². The number of fused-ring (bicyclic) bond motifs is 3. The summed E-state index contributed by atoms with van der Waals surface area (Å²) < 4.78 is 7.47. The number of aromatic nitrogens is 7. The molecule has 88 heavy (non-hydrogen) atoms. The number of rotatable bonds is 0. The van der Waals surface area contributed by atoms with Crippen molar-refractivity contribution < 1.29 is 4.57 Å². The smallest absolute Gasteiger partial charge is 0.241 e. The number of hydrogen-bond donors (Lipinski definition) is 4. The highest BCUT2D eigenvalue weighted by Gasteiger charge is 2.03. The first-order chi connectivity index (χ1) is 42.8. The van der Waals surface area contributed by atoms with Gasteiger partial charge in [-0.25, -0.2) is 29.2 Å². The minimum atomic E-state index is 0. The van der Waals surface area contributed by atoms with Gasteiger partial charge in [0.1, 0.15) is 11.9 Å². The molecule has 13 rings (SSSR count). The van der Waals surface area contributed by atoms with Crippen LogP contribution in [0.3, 0.4) is 0 Å². The molecule has 7 aromatic carbocycles. The SMILES string of the molecule is C.C1=Nc2ccccc2C1.C1=Nc2ccccc2C1.CC.Cc1c[nH]c[n+]1C.Cc1cccc(C#N)c1.Cc1ccccc1C#N.Cc1cnc[nH]1.Cc1cnc[nH]1.P=S.[2H]S.[C-]#[N+]c1ccccc1C.[C-]#[N+]c1ccccc1C.c1ccc2[nH]ccc2c1. The first-order valence-electron chi connectivity index (χ1n) is 27.9. The molecule has 0 saturated carbocycles. The lowest BCUT2D eigenvalue weighted by atomic mass is 10.1. The van der Waals surface area contributed by atoms with Gasteiger partial charge in [0.15, 0.2) is 11.4 Å². The predicted molar refractivity (Wildman–Crippen MR) is 379 cm³/mol. The van der Waals surface area contributed by atoms with Gasteiger partial charge >= 0.3 is 0 Å². The van der Waals surface area contributed by atoms with Crippen LogP contribution in [0.5, 0.6) is 0 Å². The van der Waals surface area contributed by atoms with Crippen LogP contribution in [0, 0.1) is 84.3 Å². The first-order valence-corrected chi connectivity index (χ1v) is 29.1. The van der Waals surface area contributed by atoms with E-state index in [1.807, 2.05) is 238 Å². The molecule has 0 spiro atoms. The molecule has 16 heteroatoms. The number of nitrogens with zero attached hydrogens (tertiary/aromatic N) is 9. The van der Waals surface area contributed by atoms with Gasteiger partial charge in [0.2, 0.25) is 6.33 Å². The second-order valence-electron chi connectivity index (χ2n) is 18.2. The molecular formula is C72H83N13PS2+. The number of H-pyrrole nitrogens is 4. The van der Waals surface area contributed by atoms with Crippen LogP contribution < -0.4 is 4.57 Å². The Hall–Kier alpha value is -10.1. The van der Waals surface area contributed by atoms with Crippen LogP contribution in [-0.2, 0) is 31.7 Å². The quantitative estimate of drug-likeness (QED) is 0.0671. The van der Waals surface area contributed by atoms with Crippen LogP contribution >= 0.6 is 21.4 Å². The summed E-state index contributed by atoms with van der Waals surface area (Å²) in [7, 11) is 4.56. The Morgan fingerprint density at radius 2 is 1.05 bits per heavy atom. The number of benzene rings is 7. The molecule has 452 valence electrons. The lowest BCUT2D eigenvalue weighted by molar-refractivity contribution is -0.676. The zero-order valence-corrected chi connectivity index (χ0v) is 53.9. The fraction of sp³-hybridized carbons (Fsp3) is 0.181. The Labute approximate surface area is 538 Å². The maximum Gasteiger partial charge on any atom is 0.241 e. The topological polar surface area (TPSA) is 174 Å². The molecule has 0 saturated heterocycles. The van der Waals surface area contributed by atoms with Crippen LogP contribution in [0.4, 0.5) is 22.7 Å². The van der Waals surface area contributed by atoms with Gasteiger partial charge in [-0.3, -0.25) is 9.98 Å². The van der Waals surface area contributed by atoms with Gasteiger partial charge in [0.05, 0.1) is 68.6 Å². The standard InChI is InChI=1S/7C8H7N.C5H8N2.2C4H6N2.C2H6.CH4.HPS.H2S/c3*1-2-4-8-7(3-1)5-6-9-8;2*1-7-5-3-4-6-8(7)9-2;1-7-3-2-4-8(5-7)6-9;1-7-4-2-3-5-8(7)6-9;1-5-3-6-4-7(5)2;2*1-4-2-5-3-6-4;1-2;;1-2;/h2*1-4,6H,5H2;1-6,9H;2*3-6H,1H3;2*2-5H,1H3;3-4H,1-2H3;2*2-3H,1H3,(H,5,6);1-2H3;1H4;1H;1H2/p+1/i/hD. The van der Waals surface area contributed by atoms with Gasteiger partial charge in [0.25, 0.3) is 0 Å².